The lowest BCUT2D eigenvalue weighted by molar-refractivity contribution is -0.141. The lowest BCUT2D eigenvalue weighted by Crippen LogP contribution is -2.61. The Morgan fingerprint density at radius 2 is 0.696 bits per heavy atom. The Balaban J connectivity index is 1.44. The summed E-state index contributed by atoms with van der Waals surface area (Å²) in [6.07, 6.45) is -1.25. The molecule has 5 rings (SSSR count). The Bertz CT molecular complexity index is 4050. The number of H-pyrrole nitrogens is 1. The first-order valence-electron chi connectivity index (χ1n) is 37.2. The number of aromatic hydroxyl groups is 1. The maximum Gasteiger partial charge on any atom is 0.305 e. The number of aliphatic carboxylic acids is 2. The second-order valence-electron chi connectivity index (χ2n) is 27.1. The van der Waals surface area contributed by atoms with Gasteiger partial charge in [0.25, 0.3) is 0 Å². The Labute approximate surface area is 662 Å². The molecule has 32 N–H and O–H groups in total. The van der Waals surface area contributed by atoms with Gasteiger partial charge < -0.3 is 124 Å². The third kappa shape index (κ3) is 35.3. The quantitative estimate of drug-likeness (QED) is 0.00992. The van der Waals surface area contributed by atoms with Gasteiger partial charge in [0.05, 0.1) is 24.5 Å². The summed E-state index contributed by atoms with van der Waals surface area (Å²) in [6.45, 7) is -0.0346. The van der Waals surface area contributed by atoms with E-state index in [2.05, 4.69) is 79.1 Å². The summed E-state index contributed by atoms with van der Waals surface area (Å²) in [5, 5.41) is 86.6. The topological polar surface area (TPSA) is 695 Å². The first-order chi connectivity index (χ1) is 54.9. The molecule has 0 aliphatic heterocycles. The van der Waals surface area contributed by atoms with Gasteiger partial charge in [-0.15, -0.1) is 0 Å². The van der Waals surface area contributed by atoms with Crippen LogP contribution in [0.5, 0.6) is 5.75 Å². The van der Waals surface area contributed by atoms with Crippen molar-refractivity contribution in [1.29, 1.82) is 16.2 Å². The van der Waals surface area contributed by atoms with Crippen LogP contribution in [0.4, 0.5) is 0 Å². The standard InChI is InChI=1S/C75H106N24O16/c76-31-11-10-21-50(64(107)90-51(22-12-32-86-73(79)80)65(108)91-53(24-14-34-88-75(83)84)67(110)98-58(39-47-41-85-42-89-47)71(114)95-55(62(78)105)36-44-17-6-2-7-18-44)92-72(115)59(40-61(103)104)99-68(111)54(29-30-60(101)102)94-66(109)52(23-13-33-87-74(81)82)93-69(112)57(38-46-25-27-48(100)28-26-46)97-70(113)56(37-45-19-8-3-9-20-45)96-63(106)49(77)35-43-15-4-1-5-16-43/h1-9,15-20,25-28,41-42,49-59,100H,10-14,21-24,29-40,76-77H2,(H2,78,105)(H,85,89)(H,90,107)(H,91,108)(H,92,115)(H,93,112)(H,94,109)(H,95,114)(H,96,106)(H,97,113)(H,98,110)(H,99,111)(H,101,102)(H,103,104)(H4,79,80,86)(H4,81,82,87)(H4,83,84,88)/t49-,50+,51-,52-,53+,54-,55-,56-,57+,58-,59-/m0/s1. The Morgan fingerprint density at radius 1 is 0.374 bits per heavy atom. The van der Waals surface area contributed by atoms with Crippen LogP contribution in [0.25, 0.3) is 0 Å². The highest BCUT2D eigenvalue weighted by molar-refractivity contribution is 6.00. The number of phenolic OH excluding ortho intramolecular Hbond substituents is 1. The number of carboxylic acids is 2. The van der Waals surface area contributed by atoms with Crippen LogP contribution < -0.4 is 104 Å². The number of guanidine groups is 3. The lowest BCUT2D eigenvalue weighted by Gasteiger charge is -2.28. The fraction of sp³-hybridized carbons (Fsp3) is 0.427. The van der Waals surface area contributed by atoms with Crippen molar-refractivity contribution in [3.63, 3.8) is 0 Å². The van der Waals surface area contributed by atoms with E-state index in [9.17, 15) is 77.6 Å². The van der Waals surface area contributed by atoms with Gasteiger partial charge >= 0.3 is 11.9 Å². The maximum atomic E-state index is 14.9. The number of rotatable bonds is 52. The summed E-state index contributed by atoms with van der Waals surface area (Å²) >= 11 is 0. The highest BCUT2D eigenvalue weighted by Gasteiger charge is 2.38. The molecule has 0 spiro atoms. The summed E-state index contributed by atoms with van der Waals surface area (Å²) < 4.78 is 0. The zero-order chi connectivity index (χ0) is 84.4. The summed E-state index contributed by atoms with van der Waals surface area (Å²) in [4.78, 5) is 190. The molecule has 622 valence electrons. The summed E-state index contributed by atoms with van der Waals surface area (Å²) in [7, 11) is 0. The van der Waals surface area contributed by atoms with Gasteiger partial charge in [-0.05, 0) is 112 Å². The first-order valence-corrected chi connectivity index (χ1v) is 37.2. The van der Waals surface area contributed by atoms with Gasteiger partial charge in [0.1, 0.15) is 66.2 Å². The number of primary amides is 1. The van der Waals surface area contributed by atoms with Gasteiger partial charge in [0.2, 0.25) is 65.0 Å². The van der Waals surface area contributed by atoms with Crippen LogP contribution in [0.15, 0.2) is 128 Å². The normalized spacial score (nSPS) is 13.8. The van der Waals surface area contributed by atoms with Crippen molar-refractivity contribution in [3.05, 3.63) is 156 Å². The SMILES string of the molecule is N=C(N)NCCC[C@H](NC(=O)[C@@H](Cc1ccc(O)cc1)NC(=O)[C@H](Cc1ccccc1)NC(=O)[C@@H](N)Cc1ccccc1)C(=O)N[C@@H](CCC(=O)O)C(=O)N[C@@H](CC(=O)O)C(=O)N[C@H](CCCCN)C(=O)N[C@@H](CCCNC(=N)N)C(=O)N[C@H](CCCNC(=N)N)C(=O)N[C@@H](Cc1c[nH]cn1)C(=O)N[C@@H](Cc1ccccc1)C(N)=O. The lowest BCUT2D eigenvalue weighted by atomic mass is 10.0. The number of carbonyl (C=O) groups excluding carboxylic acids is 11. The number of carboxylic acid groups (broad SMARTS) is 2. The van der Waals surface area contributed by atoms with Crippen LogP contribution in [0, 0.1) is 16.2 Å². The molecule has 4 aromatic carbocycles. The van der Waals surface area contributed by atoms with Crippen LogP contribution >= 0.6 is 0 Å². The Hall–Kier alpha value is -13.3. The number of aromatic nitrogens is 2. The van der Waals surface area contributed by atoms with Crippen molar-refractivity contribution >= 4 is 94.8 Å². The predicted octanol–water partition coefficient (Wildman–Crippen LogP) is -4.45. The summed E-state index contributed by atoms with van der Waals surface area (Å²) in [6, 6.07) is 14.2. The second-order valence-corrected chi connectivity index (χ2v) is 27.1. The second kappa shape index (κ2) is 49.2. The molecular formula is C75H106N24O16. The molecule has 11 amide bonds. The molecule has 1 aromatic heterocycles. The number of unbranched alkanes of at least 4 members (excludes halogenated alkanes) is 1. The molecule has 0 saturated heterocycles. The number of hydrogen-bond donors (Lipinski definition) is 26. The van der Waals surface area contributed by atoms with E-state index < -0.39 is 181 Å². The molecule has 40 heteroatoms. The van der Waals surface area contributed by atoms with Crippen molar-refractivity contribution in [2.45, 2.75) is 176 Å². The zero-order valence-corrected chi connectivity index (χ0v) is 63.4. The number of phenols is 1. The van der Waals surface area contributed by atoms with E-state index in [1.54, 1.807) is 91.0 Å². The molecule has 40 nitrogen and oxygen atoms in total. The van der Waals surface area contributed by atoms with Gasteiger partial charge in [0.15, 0.2) is 17.9 Å². The van der Waals surface area contributed by atoms with Crippen molar-refractivity contribution in [3.8, 4) is 5.75 Å². The van der Waals surface area contributed by atoms with E-state index >= 15 is 0 Å². The van der Waals surface area contributed by atoms with E-state index in [1.165, 1.54) is 36.8 Å². The number of nitrogens with zero attached hydrogens (tertiary/aromatic N) is 1. The maximum absolute atomic E-state index is 14.9. The van der Waals surface area contributed by atoms with E-state index in [0.717, 1.165) is 5.56 Å². The van der Waals surface area contributed by atoms with Crippen LogP contribution in [0.2, 0.25) is 0 Å². The molecule has 5 aromatic rings. The largest absolute Gasteiger partial charge is 0.508 e. The number of benzene rings is 4. The molecule has 0 bridgehead atoms. The third-order valence-electron chi connectivity index (χ3n) is 17.8. The first kappa shape index (κ1) is 92.3. The van der Waals surface area contributed by atoms with Crippen molar-refractivity contribution in [2.24, 2.45) is 34.4 Å². The highest BCUT2D eigenvalue weighted by Crippen LogP contribution is 2.16. The monoisotopic (exact) mass is 1600 g/mol. The fourth-order valence-electron chi connectivity index (χ4n) is 11.8. The molecule has 0 fully saturated rings. The number of aromatic amines is 1. The number of hydrogen-bond acceptors (Lipinski definition) is 20. The smallest absolute Gasteiger partial charge is 0.305 e. The van der Waals surface area contributed by atoms with Gasteiger partial charge in [-0.3, -0.25) is 78.6 Å². The minimum Gasteiger partial charge on any atom is -0.508 e. The average molecular weight is 1600 g/mol. The van der Waals surface area contributed by atoms with Gasteiger partial charge in [-0.1, -0.05) is 103 Å². The van der Waals surface area contributed by atoms with Crippen LogP contribution in [0.1, 0.15) is 105 Å². The van der Waals surface area contributed by atoms with Crippen molar-refractivity contribution < 1.29 is 77.6 Å². The fourth-order valence-corrected chi connectivity index (χ4v) is 11.8. The molecule has 0 aliphatic rings. The van der Waals surface area contributed by atoms with Gasteiger partial charge in [-0.25, -0.2) is 4.98 Å². The molecular weight excluding hydrogens is 1490 g/mol. The van der Waals surface area contributed by atoms with Crippen LogP contribution in [-0.4, -0.2) is 213 Å². The minimum atomic E-state index is -2.12. The molecule has 11 atom stereocenters. The number of amides is 11. The van der Waals surface area contributed by atoms with Gasteiger partial charge in [0, 0.05) is 57.9 Å². The number of nitrogens with two attached hydrogens (primary N) is 6. The molecule has 115 heavy (non-hydrogen) atoms. The van der Waals surface area contributed by atoms with E-state index in [0.29, 0.717) is 22.4 Å². The number of imidazole rings is 1. The van der Waals surface area contributed by atoms with E-state index in [-0.39, 0.29) is 122 Å². The summed E-state index contributed by atoms with van der Waals surface area (Å²) in [5.74, 6) is -15.9. The molecule has 1 heterocycles. The molecule has 0 aliphatic carbocycles. The zero-order valence-electron chi connectivity index (χ0n) is 63.4. The Morgan fingerprint density at radius 3 is 1.06 bits per heavy atom. The average Bonchev–Trinajstić information content (AvgIpc) is 1.19. The predicted molar refractivity (Wildman–Crippen MR) is 420 cm³/mol. The van der Waals surface area contributed by atoms with E-state index in [4.69, 9.17) is 50.6 Å². The van der Waals surface area contributed by atoms with Gasteiger partial charge in [-0.2, -0.15) is 0 Å². The molecule has 0 unspecified atom stereocenters. The molecule has 0 saturated carbocycles. The Kier molecular flexibility index (Phi) is 39.5. The minimum absolute atomic E-state index is 0.000792. The number of nitrogens with one attached hydrogen (secondary N) is 17. The molecule has 0 radical (unpaired) electrons. The summed E-state index contributed by atoms with van der Waals surface area (Å²) in [5.41, 5.74) is 37.2. The van der Waals surface area contributed by atoms with Crippen LogP contribution in [-0.2, 0) is 94.4 Å². The highest BCUT2D eigenvalue weighted by atomic mass is 16.4. The third-order valence-corrected chi connectivity index (χ3v) is 17.8. The van der Waals surface area contributed by atoms with Crippen molar-refractivity contribution in [2.75, 3.05) is 26.2 Å². The van der Waals surface area contributed by atoms with Crippen LogP contribution in [0.3, 0.4) is 0 Å². The number of carbonyl (C=O) groups is 13. The van der Waals surface area contributed by atoms with Crippen molar-refractivity contribution in [1.82, 2.24) is 79.1 Å². The van der Waals surface area contributed by atoms with E-state index in [1.807, 2.05) is 0 Å².